The molecular weight excluding hydrogens is 281 g/mol. The molecule has 106 valence electrons. The van der Waals surface area contributed by atoms with Crippen LogP contribution in [0.4, 0.5) is 4.39 Å². The minimum Gasteiger partial charge on any atom is -0.366 e. The molecule has 1 saturated heterocycles. The minimum atomic E-state index is -0.669. The summed E-state index contributed by atoms with van der Waals surface area (Å²) in [5, 5.41) is 4.28. The lowest BCUT2D eigenvalue weighted by Gasteiger charge is -2.15. The number of aryl methyl sites for hydroxylation is 1. The van der Waals surface area contributed by atoms with E-state index in [1.165, 1.54) is 6.07 Å². The van der Waals surface area contributed by atoms with E-state index < -0.39 is 11.7 Å². The standard InChI is InChI=1S/C14H15ClFN3O/c1-6-12(15)11-10(9-3-2-4-18-9)8(16)5-7(14(17)20)13(11)19-6/h5,9,18-19H,2-4H2,1H3,(H2,17,20). The lowest BCUT2D eigenvalue weighted by atomic mass is 9.97. The molecule has 2 heterocycles. The van der Waals surface area contributed by atoms with Crippen LogP contribution in [0.2, 0.25) is 5.02 Å². The van der Waals surface area contributed by atoms with E-state index in [1.807, 2.05) is 0 Å². The van der Waals surface area contributed by atoms with Gasteiger partial charge < -0.3 is 16.0 Å². The number of carbonyl (C=O) groups is 1. The first kappa shape index (κ1) is 13.4. The number of aromatic amines is 1. The monoisotopic (exact) mass is 295 g/mol. The highest BCUT2D eigenvalue weighted by Crippen LogP contribution is 2.38. The fraction of sp³-hybridized carbons (Fsp3) is 0.357. The van der Waals surface area contributed by atoms with Crippen molar-refractivity contribution in [1.29, 1.82) is 0 Å². The molecule has 1 aromatic heterocycles. The molecule has 0 saturated carbocycles. The smallest absolute Gasteiger partial charge is 0.250 e. The number of halogens is 2. The predicted octanol–water partition coefficient (Wildman–Crippen LogP) is 2.79. The highest BCUT2D eigenvalue weighted by atomic mass is 35.5. The Kier molecular flexibility index (Phi) is 3.18. The molecule has 1 atom stereocenters. The lowest BCUT2D eigenvalue weighted by Crippen LogP contribution is -2.17. The number of fused-ring (bicyclic) bond motifs is 1. The normalized spacial score (nSPS) is 18.9. The average Bonchev–Trinajstić information content (AvgIpc) is 3.00. The molecule has 1 unspecified atom stereocenters. The van der Waals surface area contributed by atoms with Gasteiger partial charge in [-0.3, -0.25) is 4.79 Å². The Labute approximate surface area is 120 Å². The summed E-state index contributed by atoms with van der Waals surface area (Å²) in [4.78, 5) is 14.5. The van der Waals surface area contributed by atoms with Gasteiger partial charge in [-0.25, -0.2) is 4.39 Å². The summed E-state index contributed by atoms with van der Waals surface area (Å²) in [6.45, 7) is 2.64. The Morgan fingerprint density at radius 1 is 1.55 bits per heavy atom. The van der Waals surface area contributed by atoms with Crippen molar-refractivity contribution >= 4 is 28.4 Å². The number of aromatic nitrogens is 1. The van der Waals surface area contributed by atoms with Crippen LogP contribution in [-0.4, -0.2) is 17.4 Å². The number of hydrogen-bond donors (Lipinski definition) is 3. The average molecular weight is 296 g/mol. The fourth-order valence-corrected chi connectivity index (χ4v) is 3.16. The summed E-state index contributed by atoms with van der Waals surface area (Å²) < 4.78 is 14.5. The van der Waals surface area contributed by atoms with Crippen LogP contribution in [0.25, 0.3) is 10.9 Å². The second-order valence-corrected chi connectivity index (χ2v) is 5.52. The second kappa shape index (κ2) is 4.75. The number of carbonyl (C=O) groups excluding carboxylic acids is 1. The van der Waals surface area contributed by atoms with E-state index in [4.69, 9.17) is 17.3 Å². The first-order chi connectivity index (χ1) is 9.50. The van der Waals surface area contributed by atoms with Crippen LogP contribution >= 0.6 is 11.6 Å². The molecule has 0 aliphatic carbocycles. The Bertz CT molecular complexity index is 704. The molecule has 0 radical (unpaired) electrons. The van der Waals surface area contributed by atoms with E-state index in [0.717, 1.165) is 19.4 Å². The maximum atomic E-state index is 14.5. The Morgan fingerprint density at radius 2 is 2.30 bits per heavy atom. The number of amides is 1. The molecule has 1 fully saturated rings. The fourth-order valence-electron chi connectivity index (χ4n) is 2.92. The molecule has 2 aromatic rings. The molecule has 20 heavy (non-hydrogen) atoms. The van der Waals surface area contributed by atoms with Gasteiger partial charge in [0.15, 0.2) is 0 Å². The summed E-state index contributed by atoms with van der Waals surface area (Å²) in [6.07, 6.45) is 1.84. The number of rotatable bonds is 2. The molecule has 0 spiro atoms. The number of nitrogens with one attached hydrogen (secondary N) is 2. The number of benzene rings is 1. The van der Waals surface area contributed by atoms with Crippen molar-refractivity contribution in [2.45, 2.75) is 25.8 Å². The van der Waals surface area contributed by atoms with E-state index in [2.05, 4.69) is 10.3 Å². The Morgan fingerprint density at radius 3 is 2.90 bits per heavy atom. The summed E-state index contributed by atoms with van der Waals surface area (Å²) in [6, 6.07) is 1.12. The van der Waals surface area contributed by atoms with Gasteiger partial charge in [-0.15, -0.1) is 0 Å². The zero-order valence-corrected chi connectivity index (χ0v) is 11.8. The van der Waals surface area contributed by atoms with Crippen molar-refractivity contribution in [3.05, 3.63) is 33.7 Å². The van der Waals surface area contributed by atoms with Crippen molar-refractivity contribution in [1.82, 2.24) is 10.3 Å². The third kappa shape index (κ3) is 1.89. The third-order valence-electron chi connectivity index (χ3n) is 3.85. The van der Waals surface area contributed by atoms with Gasteiger partial charge in [0.2, 0.25) is 0 Å². The van der Waals surface area contributed by atoms with Gasteiger partial charge in [-0.05, 0) is 32.4 Å². The van der Waals surface area contributed by atoms with Crippen molar-refractivity contribution in [2.24, 2.45) is 5.73 Å². The largest absolute Gasteiger partial charge is 0.366 e. The molecule has 3 rings (SSSR count). The number of primary amides is 1. The zero-order chi connectivity index (χ0) is 14.4. The van der Waals surface area contributed by atoms with Gasteiger partial charge in [0.1, 0.15) is 5.82 Å². The first-order valence-corrected chi connectivity index (χ1v) is 6.92. The van der Waals surface area contributed by atoms with Crippen LogP contribution in [-0.2, 0) is 0 Å². The van der Waals surface area contributed by atoms with Crippen molar-refractivity contribution in [3.63, 3.8) is 0 Å². The van der Waals surface area contributed by atoms with E-state index in [-0.39, 0.29) is 11.6 Å². The molecule has 1 aliphatic rings. The molecule has 1 amide bonds. The molecule has 6 heteroatoms. The number of nitrogens with two attached hydrogens (primary N) is 1. The van der Waals surface area contributed by atoms with Crippen molar-refractivity contribution in [3.8, 4) is 0 Å². The Balaban J connectivity index is 2.37. The van der Waals surface area contributed by atoms with Crippen molar-refractivity contribution in [2.75, 3.05) is 6.54 Å². The van der Waals surface area contributed by atoms with E-state index in [1.54, 1.807) is 6.92 Å². The second-order valence-electron chi connectivity index (χ2n) is 5.15. The van der Waals surface area contributed by atoms with Gasteiger partial charge in [-0.2, -0.15) is 0 Å². The summed E-state index contributed by atoms with van der Waals surface area (Å²) in [5.41, 5.74) is 7.21. The van der Waals surface area contributed by atoms with E-state index in [0.29, 0.717) is 27.2 Å². The molecule has 0 bridgehead atoms. The van der Waals surface area contributed by atoms with Crippen LogP contribution in [0.3, 0.4) is 0 Å². The van der Waals surface area contributed by atoms with Crippen LogP contribution in [0, 0.1) is 12.7 Å². The quantitative estimate of drug-likeness (QED) is 0.797. The Hall–Kier alpha value is -1.59. The maximum Gasteiger partial charge on any atom is 0.250 e. The van der Waals surface area contributed by atoms with Crippen LogP contribution < -0.4 is 11.1 Å². The minimum absolute atomic E-state index is 0.0767. The predicted molar refractivity (Wildman–Crippen MR) is 76.5 cm³/mol. The van der Waals surface area contributed by atoms with Crippen LogP contribution in [0.1, 0.15) is 40.5 Å². The van der Waals surface area contributed by atoms with Crippen LogP contribution in [0.15, 0.2) is 6.07 Å². The molecule has 1 aliphatic heterocycles. The summed E-state index contributed by atoms with van der Waals surface area (Å²) in [7, 11) is 0. The summed E-state index contributed by atoms with van der Waals surface area (Å²) >= 11 is 6.30. The van der Waals surface area contributed by atoms with E-state index in [9.17, 15) is 9.18 Å². The van der Waals surface area contributed by atoms with Crippen molar-refractivity contribution < 1.29 is 9.18 Å². The topological polar surface area (TPSA) is 70.9 Å². The maximum absolute atomic E-state index is 14.5. The molecule has 4 nitrogen and oxygen atoms in total. The highest BCUT2D eigenvalue weighted by Gasteiger charge is 2.27. The molecule has 4 N–H and O–H groups in total. The zero-order valence-electron chi connectivity index (χ0n) is 11.0. The summed E-state index contributed by atoms with van der Waals surface area (Å²) in [5.74, 6) is -1.11. The molecule has 1 aromatic carbocycles. The highest BCUT2D eigenvalue weighted by molar-refractivity contribution is 6.37. The number of H-pyrrole nitrogens is 1. The SMILES string of the molecule is Cc1[nH]c2c(C(N)=O)cc(F)c(C3CCCN3)c2c1Cl. The van der Waals surface area contributed by atoms with Gasteiger partial charge >= 0.3 is 0 Å². The van der Waals surface area contributed by atoms with Gasteiger partial charge in [0, 0.05) is 22.7 Å². The lowest BCUT2D eigenvalue weighted by molar-refractivity contribution is 0.100. The van der Waals surface area contributed by atoms with Crippen LogP contribution in [0.5, 0.6) is 0 Å². The van der Waals surface area contributed by atoms with E-state index >= 15 is 0 Å². The van der Waals surface area contributed by atoms with Gasteiger partial charge in [0.05, 0.1) is 16.1 Å². The number of hydrogen-bond acceptors (Lipinski definition) is 2. The first-order valence-electron chi connectivity index (χ1n) is 6.54. The van der Waals surface area contributed by atoms with Gasteiger partial charge in [0.25, 0.3) is 5.91 Å². The molecular formula is C14H15ClFN3O. The van der Waals surface area contributed by atoms with Gasteiger partial charge in [-0.1, -0.05) is 11.6 Å². The third-order valence-corrected chi connectivity index (χ3v) is 4.32.